The number of nitrogens with zero attached hydrogens (tertiary/aromatic N) is 2. The van der Waals surface area contributed by atoms with E-state index in [1.54, 1.807) is 0 Å². The molecule has 0 spiro atoms. The fourth-order valence-corrected chi connectivity index (χ4v) is 2.78. The van der Waals surface area contributed by atoms with Gasteiger partial charge in [-0.25, -0.2) is 0 Å². The van der Waals surface area contributed by atoms with Crippen molar-refractivity contribution in [1.29, 1.82) is 0 Å². The van der Waals surface area contributed by atoms with Crippen LogP contribution in [0.1, 0.15) is 33.1 Å². The van der Waals surface area contributed by atoms with Gasteiger partial charge in [0, 0.05) is 19.6 Å². The maximum atomic E-state index is 12.6. The standard InChI is InChI=1S/C15H26N2O2/c1-13(2)6-8-16-7-4-3-5-14(16)15(18)17-9-11-19-12-10-17/h6,14H,3-5,7-12H2,1-2H3. The molecule has 1 amide bonds. The average Bonchev–Trinajstić information content (AvgIpc) is 2.45. The summed E-state index contributed by atoms with van der Waals surface area (Å²) in [5, 5.41) is 0. The highest BCUT2D eigenvalue weighted by Crippen LogP contribution is 2.19. The highest BCUT2D eigenvalue weighted by Gasteiger charge is 2.31. The fraction of sp³-hybridized carbons (Fsp3) is 0.800. The maximum Gasteiger partial charge on any atom is 0.240 e. The first kappa shape index (κ1) is 14.5. The van der Waals surface area contributed by atoms with E-state index in [4.69, 9.17) is 4.74 Å². The van der Waals surface area contributed by atoms with Gasteiger partial charge in [0.05, 0.1) is 19.3 Å². The molecule has 0 bridgehead atoms. The van der Waals surface area contributed by atoms with E-state index in [2.05, 4.69) is 24.8 Å². The van der Waals surface area contributed by atoms with E-state index in [-0.39, 0.29) is 6.04 Å². The first-order valence-corrected chi connectivity index (χ1v) is 7.42. The molecule has 108 valence electrons. The topological polar surface area (TPSA) is 32.8 Å². The molecule has 0 aromatic heterocycles. The van der Waals surface area contributed by atoms with Gasteiger partial charge in [0.2, 0.25) is 5.91 Å². The molecule has 2 aliphatic rings. The zero-order valence-electron chi connectivity index (χ0n) is 12.2. The number of carbonyl (C=O) groups excluding carboxylic acids is 1. The van der Waals surface area contributed by atoms with Crippen LogP contribution in [0.3, 0.4) is 0 Å². The van der Waals surface area contributed by atoms with Crippen LogP contribution < -0.4 is 0 Å². The van der Waals surface area contributed by atoms with Gasteiger partial charge in [0.1, 0.15) is 0 Å². The van der Waals surface area contributed by atoms with Gasteiger partial charge in [-0.2, -0.15) is 0 Å². The molecule has 1 atom stereocenters. The van der Waals surface area contributed by atoms with Gasteiger partial charge in [-0.3, -0.25) is 9.69 Å². The second-order valence-electron chi connectivity index (χ2n) is 5.73. The maximum absolute atomic E-state index is 12.6. The molecule has 4 heteroatoms. The highest BCUT2D eigenvalue weighted by atomic mass is 16.5. The molecule has 2 aliphatic heterocycles. The number of rotatable bonds is 3. The molecule has 19 heavy (non-hydrogen) atoms. The first-order valence-electron chi connectivity index (χ1n) is 7.42. The van der Waals surface area contributed by atoms with Gasteiger partial charge in [-0.15, -0.1) is 0 Å². The van der Waals surface area contributed by atoms with E-state index in [0.29, 0.717) is 19.1 Å². The Morgan fingerprint density at radius 3 is 2.63 bits per heavy atom. The number of morpholine rings is 1. The number of carbonyl (C=O) groups is 1. The lowest BCUT2D eigenvalue weighted by Crippen LogP contribution is -2.53. The number of allylic oxidation sites excluding steroid dienone is 1. The van der Waals surface area contributed by atoms with Crippen molar-refractivity contribution in [3.8, 4) is 0 Å². The predicted molar refractivity (Wildman–Crippen MR) is 76.0 cm³/mol. The van der Waals surface area contributed by atoms with Crippen LogP contribution in [0.2, 0.25) is 0 Å². The SMILES string of the molecule is CC(C)=CCN1CCCCC1C(=O)N1CCOCC1. The molecule has 0 aromatic carbocycles. The van der Waals surface area contributed by atoms with Gasteiger partial charge in [0.25, 0.3) is 0 Å². The molecule has 0 radical (unpaired) electrons. The van der Waals surface area contributed by atoms with Gasteiger partial charge in [-0.05, 0) is 33.2 Å². The Kier molecular flexibility index (Phi) is 5.40. The second-order valence-corrected chi connectivity index (χ2v) is 5.73. The minimum absolute atomic E-state index is 0.0856. The minimum Gasteiger partial charge on any atom is -0.378 e. The Labute approximate surface area is 116 Å². The number of amides is 1. The van der Waals surface area contributed by atoms with Crippen LogP contribution in [0.25, 0.3) is 0 Å². The summed E-state index contributed by atoms with van der Waals surface area (Å²) in [5.41, 5.74) is 1.32. The molecule has 0 saturated carbocycles. The quantitative estimate of drug-likeness (QED) is 0.728. The largest absolute Gasteiger partial charge is 0.378 e. The fourth-order valence-electron chi connectivity index (χ4n) is 2.78. The van der Waals surface area contributed by atoms with Crippen molar-refractivity contribution in [3.63, 3.8) is 0 Å². The Morgan fingerprint density at radius 2 is 1.95 bits per heavy atom. The number of hydrogen-bond acceptors (Lipinski definition) is 3. The lowest BCUT2D eigenvalue weighted by molar-refractivity contribution is -0.142. The van der Waals surface area contributed by atoms with Crippen LogP contribution in [0.15, 0.2) is 11.6 Å². The van der Waals surface area contributed by atoms with Crippen molar-refractivity contribution < 1.29 is 9.53 Å². The van der Waals surface area contributed by atoms with Crippen LogP contribution >= 0.6 is 0 Å². The molecule has 4 nitrogen and oxygen atoms in total. The molecule has 0 aliphatic carbocycles. The van der Waals surface area contributed by atoms with Crippen LogP contribution in [0.5, 0.6) is 0 Å². The molecule has 1 unspecified atom stereocenters. The van der Waals surface area contributed by atoms with Crippen molar-refractivity contribution in [2.75, 3.05) is 39.4 Å². The predicted octanol–water partition coefficient (Wildman–Crippen LogP) is 1.67. The van der Waals surface area contributed by atoms with Crippen LogP contribution in [-0.2, 0) is 9.53 Å². The Hall–Kier alpha value is -0.870. The third-order valence-electron chi connectivity index (χ3n) is 3.96. The third-order valence-corrected chi connectivity index (χ3v) is 3.96. The van der Waals surface area contributed by atoms with Crippen molar-refractivity contribution in [1.82, 2.24) is 9.80 Å². The summed E-state index contributed by atoms with van der Waals surface area (Å²) in [4.78, 5) is 16.9. The van der Waals surface area contributed by atoms with Crippen molar-refractivity contribution in [2.45, 2.75) is 39.2 Å². The van der Waals surface area contributed by atoms with E-state index in [1.165, 1.54) is 18.4 Å². The van der Waals surface area contributed by atoms with E-state index in [0.717, 1.165) is 32.6 Å². The molecule has 2 fully saturated rings. The summed E-state index contributed by atoms with van der Waals surface area (Å²) in [6.07, 6.45) is 5.62. The van der Waals surface area contributed by atoms with Crippen molar-refractivity contribution >= 4 is 5.91 Å². The van der Waals surface area contributed by atoms with Gasteiger partial charge in [0.15, 0.2) is 0 Å². The molecule has 0 aromatic rings. The smallest absolute Gasteiger partial charge is 0.240 e. The van der Waals surface area contributed by atoms with E-state index >= 15 is 0 Å². The van der Waals surface area contributed by atoms with Crippen LogP contribution in [0.4, 0.5) is 0 Å². The molecule has 0 N–H and O–H groups in total. The summed E-state index contributed by atoms with van der Waals surface area (Å²) < 4.78 is 5.33. The lowest BCUT2D eigenvalue weighted by atomic mass is 10.0. The van der Waals surface area contributed by atoms with Crippen molar-refractivity contribution in [2.24, 2.45) is 0 Å². The minimum atomic E-state index is 0.0856. The average molecular weight is 266 g/mol. The summed E-state index contributed by atoms with van der Waals surface area (Å²) in [5.74, 6) is 0.310. The van der Waals surface area contributed by atoms with Crippen LogP contribution in [0, 0.1) is 0 Å². The summed E-state index contributed by atoms with van der Waals surface area (Å²) in [6, 6.07) is 0.0856. The zero-order valence-corrected chi connectivity index (χ0v) is 12.2. The van der Waals surface area contributed by atoms with Crippen LogP contribution in [-0.4, -0.2) is 61.1 Å². The van der Waals surface area contributed by atoms with Gasteiger partial charge in [-0.1, -0.05) is 18.1 Å². The Bertz CT molecular complexity index is 331. The lowest BCUT2D eigenvalue weighted by Gasteiger charge is -2.38. The highest BCUT2D eigenvalue weighted by molar-refractivity contribution is 5.82. The number of ether oxygens (including phenoxy) is 1. The van der Waals surface area contributed by atoms with Gasteiger partial charge < -0.3 is 9.64 Å². The first-order chi connectivity index (χ1) is 9.18. The number of piperidine rings is 1. The Morgan fingerprint density at radius 1 is 1.21 bits per heavy atom. The summed E-state index contributed by atoms with van der Waals surface area (Å²) in [7, 11) is 0. The molecule has 2 rings (SSSR count). The number of hydrogen-bond donors (Lipinski definition) is 0. The summed E-state index contributed by atoms with van der Waals surface area (Å²) >= 11 is 0. The summed E-state index contributed by atoms with van der Waals surface area (Å²) in [6.45, 7) is 9.07. The number of likely N-dealkylation sites (tertiary alicyclic amines) is 1. The zero-order chi connectivity index (χ0) is 13.7. The normalized spacial score (nSPS) is 25.2. The van der Waals surface area contributed by atoms with E-state index in [9.17, 15) is 4.79 Å². The Balaban J connectivity index is 1.97. The molecular weight excluding hydrogens is 240 g/mol. The second kappa shape index (κ2) is 7.06. The molecular formula is C15H26N2O2. The molecule has 2 saturated heterocycles. The van der Waals surface area contributed by atoms with E-state index in [1.807, 2.05) is 4.90 Å². The third kappa shape index (κ3) is 4.05. The van der Waals surface area contributed by atoms with Gasteiger partial charge >= 0.3 is 0 Å². The van der Waals surface area contributed by atoms with Crippen molar-refractivity contribution in [3.05, 3.63) is 11.6 Å². The van der Waals surface area contributed by atoms with E-state index < -0.39 is 0 Å². The monoisotopic (exact) mass is 266 g/mol. The molecule has 2 heterocycles.